The van der Waals surface area contributed by atoms with Crippen molar-refractivity contribution in [2.45, 2.75) is 25.2 Å². The number of carbonyl (C=O) groups is 1. The largest absolute Gasteiger partial charge is 0.343 e. The van der Waals surface area contributed by atoms with Gasteiger partial charge in [-0.3, -0.25) is 9.89 Å². The van der Waals surface area contributed by atoms with Crippen LogP contribution in [0.15, 0.2) is 12.4 Å². The third-order valence-electron chi connectivity index (χ3n) is 3.20. The minimum atomic E-state index is 0.188. The van der Waals surface area contributed by atoms with Gasteiger partial charge in [0.15, 0.2) is 0 Å². The molecule has 2 heterocycles. The summed E-state index contributed by atoms with van der Waals surface area (Å²) in [6.45, 7) is 2.13. The number of carbonyl (C=O) groups excluding carboxylic acids is 1. The zero-order valence-electron chi connectivity index (χ0n) is 9.35. The fraction of sp³-hybridized carbons (Fsp3) is 0.636. The van der Waals surface area contributed by atoms with Crippen molar-refractivity contribution in [2.24, 2.45) is 5.73 Å². The Morgan fingerprint density at radius 3 is 2.88 bits per heavy atom. The number of rotatable bonds is 3. The highest BCUT2D eigenvalue weighted by atomic mass is 16.2. The average Bonchev–Trinajstić information content (AvgIpc) is 2.83. The highest BCUT2D eigenvalue weighted by Crippen LogP contribution is 2.27. The molecule has 1 fully saturated rings. The number of aromatic nitrogens is 2. The highest BCUT2D eigenvalue weighted by molar-refractivity contribution is 5.76. The molecule has 0 bridgehead atoms. The van der Waals surface area contributed by atoms with Crippen molar-refractivity contribution in [2.75, 3.05) is 19.6 Å². The number of nitrogens with one attached hydrogen (secondary N) is 1. The summed E-state index contributed by atoms with van der Waals surface area (Å²) in [6, 6.07) is 0. The van der Waals surface area contributed by atoms with Gasteiger partial charge in [-0.15, -0.1) is 0 Å². The Labute approximate surface area is 95.0 Å². The molecule has 0 saturated carbocycles. The quantitative estimate of drug-likeness (QED) is 0.780. The van der Waals surface area contributed by atoms with Gasteiger partial charge in [-0.2, -0.15) is 5.10 Å². The molecule has 5 nitrogen and oxygen atoms in total. The predicted octanol–water partition coefficient (Wildman–Crippen LogP) is 0.464. The highest BCUT2D eigenvalue weighted by Gasteiger charge is 2.23. The van der Waals surface area contributed by atoms with E-state index < -0.39 is 0 Å². The molecule has 88 valence electrons. The van der Waals surface area contributed by atoms with Gasteiger partial charge in [-0.1, -0.05) is 0 Å². The number of nitrogens with zero attached hydrogens (tertiary/aromatic N) is 2. The lowest BCUT2D eigenvalue weighted by molar-refractivity contribution is -0.132. The molecule has 0 aromatic carbocycles. The molecule has 0 spiro atoms. The third kappa shape index (κ3) is 2.41. The Hall–Kier alpha value is -1.36. The molecule has 1 aliphatic rings. The molecule has 3 N–H and O–H groups in total. The van der Waals surface area contributed by atoms with Crippen LogP contribution < -0.4 is 5.73 Å². The average molecular weight is 222 g/mol. The standard InChI is InChI=1S/C11H18N4O/c12-4-1-11(16)15-5-2-9(3-6-15)10-7-13-14-8-10/h7-9H,1-6,12H2,(H,13,14). The number of nitrogens with two attached hydrogens (primary N) is 1. The van der Waals surface area contributed by atoms with Crippen LogP contribution in [0.5, 0.6) is 0 Å². The lowest BCUT2D eigenvalue weighted by Crippen LogP contribution is -2.38. The fourth-order valence-corrected chi connectivity index (χ4v) is 2.23. The summed E-state index contributed by atoms with van der Waals surface area (Å²) >= 11 is 0. The maximum Gasteiger partial charge on any atom is 0.223 e. The van der Waals surface area contributed by atoms with E-state index in [1.54, 1.807) is 0 Å². The summed E-state index contributed by atoms with van der Waals surface area (Å²) in [5.41, 5.74) is 6.64. The van der Waals surface area contributed by atoms with E-state index >= 15 is 0 Å². The van der Waals surface area contributed by atoms with E-state index in [2.05, 4.69) is 10.2 Å². The molecule has 0 aliphatic carbocycles. The van der Waals surface area contributed by atoms with Crippen LogP contribution in [0.2, 0.25) is 0 Å². The van der Waals surface area contributed by atoms with E-state index in [9.17, 15) is 4.79 Å². The summed E-state index contributed by atoms with van der Waals surface area (Å²) in [6.07, 6.45) is 6.34. The molecule has 0 atom stereocenters. The first-order valence-electron chi connectivity index (χ1n) is 5.77. The van der Waals surface area contributed by atoms with Crippen molar-refractivity contribution in [1.82, 2.24) is 15.1 Å². The Bertz CT molecular complexity index is 328. The van der Waals surface area contributed by atoms with Crippen molar-refractivity contribution >= 4 is 5.91 Å². The molecule has 0 unspecified atom stereocenters. The number of likely N-dealkylation sites (tertiary alicyclic amines) is 1. The molecule has 1 saturated heterocycles. The second-order valence-electron chi connectivity index (χ2n) is 4.23. The molecule has 1 aromatic rings. The van der Waals surface area contributed by atoms with Crippen LogP contribution >= 0.6 is 0 Å². The van der Waals surface area contributed by atoms with Crippen LogP contribution in [0, 0.1) is 0 Å². The van der Waals surface area contributed by atoms with E-state index in [0.717, 1.165) is 25.9 Å². The summed E-state index contributed by atoms with van der Waals surface area (Å²) in [5, 5.41) is 6.79. The first kappa shape index (κ1) is 11.1. The zero-order chi connectivity index (χ0) is 11.4. The smallest absolute Gasteiger partial charge is 0.223 e. The molecule has 2 rings (SSSR count). The third-order valence-corrected chi connectivity index (χ3v) is 3.20. The molecule has 1 aliphatic heterocycles. The summed E-state index contributed by atoms with van der Waals surface area (Å²) in [5.74, 6) is 0.730. The summed E-state index contributed by atoms with van der Waals surface area (Å²) in [7, 11) is 0. The second-order valence-corrected chi connectivity index (χ2v) is 4.23. The minimum Gasteiger partial charge on any atom is -0.343 e. The lowest BCUT2D eigenvalue weighted by atomic mass is 9.91. The van der Waals surface area contributed by atoms with E-state index in [1.807, 2.05) is 17.3 Å². The Morgan fingerprint density at radius 2 is 2.31 bits per heavy atom. The van der Waals surface area contributed by atoms with Crippen LogP contribution in [-0.2, 0) is 4.79 Å². The van der Waals surface area contributed by atoms with E-state index in [4.69, 9.17) is 5.73 Å². The van der Waals surface area contributed by atoms with E-state index in [-0.39, 0.29) is 5.91 Å². The zero-order valence-corrected chi connectivity index (χ0v) is 9.35. The van der Waals surface area contributed by atoms with Crippen molar-refractivity contribution in [1.29, 1.82) is 0 Å². The maximum atomic E-state index is 11.6. The minimum absolute atomic E-state index is 0.188. The van der Waals surface area contributed by atoms with Gasteiger partial charge in [0.25, 0.3) is 0 Å². The van der Waals surface area contributed by atoms with Crippen LogP contribution in [0.3, 0.4) is 0 Å². The monoisotopic (exact) mass is 222 g/mol. The number of hydrogen-bond acceptors (Lipinski definition) is 3. The normalized spacial score (nSPS) is 17.7. The van der Waals surface area contributed by atoms with Gasteiger partial charge < -0.3 is 10.6 Å². The Kier molecular flexibility index (Phi) is 3.56. The van der Waals surface area contributed by atoms with Gasteiger partial charge in [-0.05, 0) is 24.3 Å². The summed E-state index contributed by atoms with van der Waals surface area (Å²) < 4.78 is 0. The van der Waals surface area contributed by atoms with Crippen molar-refractivity contribution in [3.8, 4) is 0 Å². The van der Waals surface area contributed by atoms with Crippen LogP contribution in [0.25, 0.3) is 0 Å². The SMILES string of the molecule is NCCC(=O)N1CCC(c2cn[nH]c2)CC1. The van der Waals surface area contributed by atoms with Crippen LogP contribution in [0.4, 0.5) is 0 Å². The van der Waals surface area contributed by atoms with Gasteiger partial charge in [0, 0.05) is 32.3 Å². The van der Waals surface area contributed by atoms with Crippen LogP contribution in [-0.4, -0.2) is 40.6 Å². The van der Waals surface area contributed by atoms with Gasteiger partial charge in [0.2, 0.25) is 5.91 Å². The van der Waals surface area contributed by atoms with Gasteiger partial charge in [-0.25, -0.2) is 0 Å². The number of amides is 1. The predicted molar refractivity (Wildman–Crippen MR) is 60.8 cm³/mol. The molecular formula is C11H18N4O. The van der Waals surface area contributed by atoms with E-state index in [0.29, 0.717) is 18.9 Å². The first-order valence-corrected chi connectivity index (χ1v) is 5.77. The van der Waals surface area contributed by atoms with Crippen molar-refractivity contribution in [3.05, 3.63) is 18.0 Å². The van der Waals surface area contributed by atoms with Crippen LogP contribution in [0.1, 0.15) is 30.7 Å². The molecule has 1 aromatic heterocycles. The molecule has 5 heteroatoms. The Morgan fingerprint density at radius 1 is 1.56 bits per heavy atom. The first-order chi connectivity index (χ1) is 7.81. The Balaban J connectivity index is 1.85. The maximum absolute atomic E-state index is 11.6. The molecular weight excluding hydrogens is 204 g/mol. The van der Waals surface area contributed by atoms with Gasteiger partial charge >= 0.3 is 0 Å². The van der Waals surface area contributed by atoms with Crippen molar-refractivity contribution in [3.63, 3.8) is 0 Å². The number of hydrogen-bond donors (Lipinski definition) is 2. The molecule has 0 radical (unpaired) electrons. The topological polar surface area (TPSA) is 75.0 Å². The lowest BCUT2D eigenvalue weighted by Gasteiger charge is -2.31. The summed E-state index contributed by atoms with van der Waals surface area (Å²) in [4.78, 5) is 13.5. The van der Waals surface area contributed by atoms with E-state index in [1.165, 1.54) is 5.56 Å². The van der Waals surface area contributed by atoms with Crippen molar-refractivity contribution < 1.29 is 4.79 Å². The number of aromatic amines is 1. The molecule has 1 amide bonds. The molecule has 16 heavy (non-hydrogen) atoms. The fourth-order valence-electron chi connectivity index (χ4n) is 2.23. The van der Waals surface area contributed by atoms with Gasteiger partial charge in [0.05, 0.1) is 6.20 Å². The second kappa shape index (κ2) is 5.12. The number of piperidine rings is 1. The van der Waals surface area contributed by atoms with Gasteiger partial charge in [0.1, 0.15) is 0 Å². The number of H-pyrrole nitrogens is 1.